The van der Waals surface area contributed by atoms with E-state index in [0.717, 1.165) is 21.4 Å². The van der Waals surface area contributed by atoms with E-state index in [0.29, 0.717) is 76.5 Å². The number of nitrogens with one attached hydrogen (secondary N) is 1. The van der Waals surface area contributed by atoms with E-state index >= 15 is 0 Å². The summed E-state index contributed by atoms with van der Waals surface area (Å²) in [7, 11) is 0.564. The molecule has 3 fully saturated rings. The third-order valence-corrected chi connectivity index (χ3v) is 20.0. The van der Waals surface area contributed by atoms with Crippen LogP contribution in [-0.4, -0.2) is 148 Å². The number of unbranched alkanes of at least 4 members (excludes halogenated alkanes) is 2. The molecule has 85 heavy (non-hydrogen) atoms. The molecule has 2 bridgehead atoms. The van der Waals surface area contributed by atoms with Crippen molar-refractivity contribution in [3.05, 3.63) is 114 Å². The van der Waals surface area contributed by atoms with E-state index in [1.165, 1.54) is 63.7 Å². The Bertz CT molecular complexity index is 3590. The summed E-state index contributed by atoms with van der Waals surface area (Å²) >= 11 is 13.1. The number of benzene rings is 5. The van der Waals surface area contributed by atoms with Gasteiger partial charge in [-0.15, -0.1) is 23.2 Å². The summed E-state index contributed by atoms with van der Waals surface area (Å²) in [6.07, 6.45) is 3.53. The van der Waals surface area contributed by atoms with Crippen LogP contribution in [0, 0.1) is 10.8 Å². The Morgan fingerprint density at radius 3 is 1.80 bits per heavy atom. The lowest BCUT2D eigenvalue weighted by Gasteiger charge is -2.69. The van der Waals surface area contributed by atoms with Gasteiger partial charge in [-0.3, -0.25) is 38.7 Å². The molecule has 21 nitrogen and oxygen atoms in total. The molecule has 3 saturated carbocycles. The molecule has 5 aromatic carbocycles. The van der Waals surface area contributed by atoms with E-state index in [-0.39, 0.29) is 110 Å². The minimum atomic E-state index is -4.97. The standard InChI is InChI=1S/C59H61Cl2N6O15PS2/c1-63(56(75)80-30-35-12-5-10-17-47(35)85-84-31-42(53(71)72)62-48(68)18-4-3-11-21-65-49(69)19-20-50(65)70)22-23-64(2)57(76)81-45-24-43-51(40-15-8-6-13-38(40)45)36(26-60)28-66(43)54(73)58-32-59(33-58,34-58)55(74)67-29-37(27-61)52-41-16-9-7-14-39(41)46(25-44(52)67)82-83(77,78)79/h5-10,12-17,19-20,24-25,36-37,42H,3-4,11,18,21-23,26-34H2,1-2H3,(H,62,68)(H,71,72)(H2,77,78,79). The van der Waals surface area contributed by atoms with Gasteiger partial charge in [0.2, 0.25) is 17.7 Å². The monoisotopic (exact) mass is 1260 g/mol. The first kappa shape index (κ1) is 61.2. The summed E-state index contributed by atoms with van der Waals surface area (Å²) in [6.45, 7) is 0.769. The maximum atomic E-state index is 14.9. The van der Waals surface area contributed by atoms with Crippen LogP contribution >= 0.6 is 52.6 Å². The number of aliphatic carboxylic acids is 1. The number of halogens is 2. The maximum Gasteiger partial charge on any atom is 0.524 e. The number of amides is 7. The van der Waals surface area contributed by atoms with E-state index in [1.807, 2.05) is 30.3 Å². The Labute approximate surface area is 506 Å². The van der Waals surface area contributed by atoms with Crippen molar-refractivity contribution >= 4 is 133 Å². The number of carbonyl (C=O) groups excluding carboxylic acids is 7. The molecular formula is C59H61Cl2N6O15PS2. The molecule has 4 N–H and O–H groups in total. The summed E-state index contributed by atoms with van der Waals surface area (Å²) in [6, 6.07) is 23.6. The highest BCUT2D eigenvalue weighted by atomic mass is 35.5. The van der Waals surface area contributed by atoms with Crippen LogP contribution in [0.25, 0.3) is 21.5 Å². The Morgan fingerprint density at radius 2 is 1.25 bits per heavy atom. The van der Waals surface area contributed by atoms with Crippen LogP contribution in [0.5, 0.6) is 11.5 Å². The average Bonchev–Trinajstić information content (AvgIpc) is 1.42. The van der Waals surface area contributed by atoms with Crippen LogP contribution in [0.3, 0.4) is 0 Å². The van der Waals surface area contributed by atoms with Crippen molar-refractivity contribution in [2.24, 2.45) is 10.8 Å². The number of carbonyl (C=O) groups is 8. The Kier molecular flexibility index (Phi) is 18.2. The van der Waals surface area contributed by atoms with Gasteiger partial charge in [0.05, 0.1) is 22.2 Å². The first-order chi connectivity index (χ1) is 40.6. The minimum absolute atomic E-state index is 0.0347. The molecule has 3 aliphatic heterocycles. The average molecular weight is 1260 g/mol. The van der Waals surface area contributed by atoms with Crippen LogP contribution in [0.15, 0.2) is 102 Å². The van der Waals surface area contributed by atoms with Gasteiger partial charge in [-0.1, -0.05) is 94.7 Å². The van der Waals surface area contributed by atoms with E-state index in [4.69, 9.17) is 37.2 Å². The highest BCUT2D eigenvalue weighted by molar-refractivity contribution is 8.76. The lowest BCUT2D eigenvalue weighted by molar-refractivity contribution is -0.205. The fraction of sp³-hybridized carbons (Fsp3) is 0.390. The van der Waals surface area contributed by atoms with Crippen molar-refractivity contribution in [1.29, 1.82) is 0 Å². The Hall–Kier alpha value is -6.85. The molecule has 448 valence electrons. The fourth-order valence-corrected chi connectivity index (χ4v) is 15.5. The quantitative estimate of drug-likeness (QED) is 0.0147. The van der Waals surface area contributed by atoms with Crippen molar-refractivity contribution in [1.82, 2.24) is 20.0 Å². The highest BCUT2D eigenvalue weighted by Crippen LogP contribution is 2.75. The Morgan fingerprint density at radius 1 is 0.729 bits per heavy atom. The zero-order chi connectivity index (χ0) is 60.5. The topological polar surface area (TPSA) is 270 Å². The van der Waals surface area contributed by atoms with Gasteiger partial charge in [0, 0.05) is 128 Å². The van der Waals surface area contributed by atoms with Gasteiger partial charge in [-0.05, 0) is 60.1 Å². The van der Waals surface area contributed by atoms with E-state index < -0.39 is 48.8 Å². The van der Waals surface area contributed by atoms with Gasteiger partial charge in [0.25, 0.3) is 11.8 Å². The van der Waals surface area contributed by atoms with Crippen molar-refractivity contribution in [2.45, 2.75) is 74.3 Å². The normalized spacial score (nSPS) is 20.4. The summed E-state index contributed by atoms with van der Waals surface area (Å²) < 4.78 is 28.9. The number of imide groups is 1. The molecule has 0 aromatic heterocycles. The highest BCUT2D eigenvalue weighted by Gasteiger charge is 2.76. The number of carboxylic acids is 1. The minimum Gasteiger partial charge on any atom is -0.480 e. The summed E-state index contributed by atoms with van der Waals surface area (Å²) in [5, 5.41) is 14.9. The number of carboxylic acid groups (broad SMARTS) is 1. The first-order valence-corrected chi connectivity index (χ1v) is 32.4. The van der Waals surface area contributed by atoms with Crippen LogP contribution < -0.4 is 24.4 Å². The molecule has 3 heterocycles. The third-order valence-electron chi connectivity index (χ3n) is 16.4. The van der Waals surface area contributed by atoms with Crippen molar-refractivity contribution in [3.63, 3.8) is 0 Å². The van der Waals surface area contributed by atoms with Gasteiger partial charge in [0.1, 0.15) is 24.1 Å². The lowest BCUT2D eigenvalue weighted by atomic mass is 9.34. The van der Waals surface area contributed by atoms with Crippen LogP contribution in [0.2, 0.25) is 0 Å². The van der Waals surface area contributed by atoms with Gasteiger partial charge in [-0.2, -0.15) is 0 Å². The number of anilines is 2. The number of phosphoric ester groups is 1. The van der Waals surface area contributed by atoms with Crippen LogP contribution in [-0.2, 0) is 44.7 Å². The number of fused-ring (bicyclic) bond motifs is 6. The van der Waals surface area contributed by atoms with Gasteiger partial charge in [0.15, 0.2) is 0 Å². The summed E-state index contributed by atoms with van der Waals surface area (Å²) in [4.78, 5) is 132. The fourth-order valence-electron chi connectivity index (χ4n) is 12.2. The lowest BCUT2D eigenvalue weighted by Crippen LogP contribution is -2.73. The van der Waals surface area contributed by atoms with E-state index in [1.54, 1.807) is 58.3 Å². The molecule has 3 atom stereocenters. The molecule has 7 amide bonds. The predicted molar refractivity (Wildman–Crippen MR) is 321 cm³/mol. The molecule has 5 aromatic rings. The molecule has 6 aliphatic rings. The van der Waals surface area contributed by atoms with Crippen molar-refractivity contribution in [2.75, 3.05) is 74.1 Å². The van der Waals surface area contributed by atoms with Crippen LogP contribution in [0.4, 0.5) is 21.0 Å². The molecule has 0 saturated heterocycles. The van der Waals surface area contributed by atoms with Gasteiger partial charge >= 0.3 is 26.0 Å². The van der Waals surface area contributed by atoms with E-state index in [9.17, 15) is 57.8 Å². The maximum absolute atomic E-state index is 14.9. The number of hydrogen-bond donors (Lipinski definition) is 4. The summed E-state index contributed by atoms with van der Waals surface area (Å²) in [5.41, 5.74) is 1.62. The first-order valence-electron chi connectivity index (χ1n) is 27.5. The number of nitrogens with zero attached hydrogens (tertiary/aromatic N) is 5. The zero-order valence-corrected chi connectivity index (χ0v) is 50.3. The number of hydrogen-bond acceptors (Lipinski definition) is 14. The zero-order valence-electron chi connectivity index (χ0n) is 46.3. The largest absolute Gasteiger partial charge is 0.524 e. The second-order valence-electron chi connectivity index (χ2n) is 22.1. The molecule has 3 aliphatic carbocycles. The van der Waals surface area contributed by atoms with E-state index in [2.05, 4.69) is 5.32 Å². The second kappa shape index (κ2) is 25.2. The molecular weight excluding hydrogens is 1200 g/mol. The van der Waals surface area contributed by atoms with Crippen LogP contribution in [0.1, 0.15) is 73.5 Å². The molecule has 26 heteroatoms. The molecule has 0 radical (unpaired) electrons. The molecule has 11 rings (SSSR count). The Balaban J connectivity index is 0.722. The number of alkyl halides is 2. The third kappa shape index (κ3) is 12.6. The number of rotatable bonds is 24. The molecule has 0 spiro atoms. The predicted octanol–water partition coefficient (Wildman–Crippen LogP) is 9.17. The van der Waals surface area contributed by atoms with Gasteiger partial charge < -0.3 is 44.0 Å². The van der Waals surface area contributed by atoms with Crippen molar-refractivity contribution in [3.8, 4) is 11.5 Å². The number of ether oxygens (including phenoxy) is 2. The SMILES string of the molecule is CN(CCN(C)C(=O)Oc1cc2c(c3ccccc13)C(CCl)CN2C(=O)C12CC(C(=O)N3CC(CCl)c4c3cc(OP(=O)(O)O)c3ccccc43)(C1)C2)C(=O)OCc1ccccc1SSCC(NC(=O)CCCCCN1C(=O)C=CC1=O)C(=O)O. The van der Waals surface area contributed by atoms with Gasteiger partial charge in [-0.25, -0.2) is 18.9 Å². The number of likely N-dealkylation sites (N-methyl/N-ethyl adjacent to an activating group) is 2. The van der Waals surface area contributed by atoms with Crippen molar-refractivity contribution < 1.29 is 71.8 Å². The summed E-state index contributed by atoms with van der Waals surface area (Å²) in [5.74, 6) is -2.66. The number of phosphoric acid groups is 1. The smallest absolute Gasteiger partial charge is 0.480 e. The molecule has 3 unspecified atom stereocenters. The second-order valence-corrected chi connectivity index (χ2v) is 26.2.